The van der Waals surface area contributed by atoms with Gasteiger partial charge >= 0.3 is 0 Å². The van der Waals surface area contributed by atoms with E-state index in [2.05, 4.69) is 18.2 Å². The minimum absolute atomic E-state index is 0.125. The smallest absolute Gasteiger partial charge is 0.261 e. The molecule has 2 aromatic rings. The van der Waals surface area contributed by atoms with Gasteiger partial charge in [-0.2, -0.15) is 0 Å². The van der Waals surface area contributed by atoms with Crippen molar-refractivity contribution >= 4 is 40.4 Å². The second kappa shape index (κ2) is 11.2. The van der Waals surface area contributed by atoms with Crippen LogP contribution in [0.4, 0.5) is 0 Å². The zero-order valence-corrected chi connectivity index (χ0v) is 27.2. The normalized spacial score (nSPS) is 22.8. The Morgan fingerprint density at radius 2 is 1.71 bits per heavy atom. The quantitative estimate of drug-likeness (QED) is 0.242. The Kier molecular flexibility index (Phi) is 6.77. The highest BCUT2D eigenvalue weighted by Crippen LogP contribution is 2.49. The van der Waals surface area contributed by atoms with Crippen molar-refractivity contribution in [3.05, 3.63) is 159 Å². The maximum Gasteiger partial charge on any atom is 0.261 e. The summed E-state index contributed by atoms with van der Waals surface area (Å²) in [6.45, 7) is 0.319. The van der Waals surface area contributed by atoms with Crippen LogP contribution in [0.1, 0.15) is 57.5 Å². The fourth-order valence-corrected chi connectivity index (χ4v) is 8.40. The van der Waals surface area contributed by atoms with Crippen molar-refractivity contribution in [2.75, 3.05) is 13.6 Å². The number of amides is 3. The van der Waals surface area contributed by atoms with Crippen LogP contribution in [0.25, 0.3) is 16.3 Å². The Bertz CT molecular complexity index is 2260. The number of aldehydes is 1. The zero-order valence-electron chi connectivity index (χ0n) is 27.2. The van der Waals surface area contributed by atoms with Crippen molar-refractivity contribution in [3.63, 3.8) is 0 Å². The Balaban J connectivity index is 1.14. The van der Waals surface area contributed by atoms with Crippen LogP contribution in [0.5, 0.6) is 0 Å². The molecular weight excluding hydrogens is 608 g/mol. The summed E-state index contributed by atoms with van der Waals surface area (Å²) in [7, 11) is 1.80. The summed E-state index contributed by atoms with van der Waals surface area (Å²) in [6.07, 6.45) is 28.2. The predicted molar refractivity (Wildman–Crippen MR) is 190 cm³/mol. The molecule has 0 radical (unpaired) electrons. The summed E-state index contributed by atoms with van der Waals surface area (Å²) < 4.78 is 0. The average molecular weight is 643 g/mol. The summed E-state index contributed by atoms with van der Waals surface area (Å²) >= 11 is 0. The number of hydrogen-bond acceptors (Lipinski definition) is 4. The highest BCUT2D eigenvalue weighted by molar-refractivity contribution is 6.27. The van der Waals surface area contributed by atoms with Gasteiger partial charge in [0.25, 0.3) is 17.7 Å². The van der Waals surface area contributed by atoms with E-state index in [0.717, 1.165) is 80.2 Å². The number of hydrogen-bond donors (Lipinski definition) is 0. The fourth-order valence-electron chi connectivity index (χ4n) is 8.40. The number of nitrogens with zero attached hydrogens (tertiary/aromatic N) is 2. The van der Waals surface area contributed by atoms with Crippen LogP contribution >= 0.6 is 0 Å². The number of carbonyl (C=O) groups is 4. The van der Waals surface area contributed by atoms with E-state index in [9.17, 15) is 19.2 Å². The second-order valence-corrected chi connectivity index (χ2v) is 13.8. The lowest BCUT2D eigenvalue weighted by Crippen LogP contribution is -2.42. The first-order chi connectivity index (χ1) is 23.9. The van der Waals surface area contributed by atoms with E-state index in [1.165, 1.54) is 4.90 Å². The van der Waals surface area contributed by atoms with Crippen LogP contribution in [0.15, 0.2) is 136 Å². The molecule has 2 atom stereocenters. The molecule has 49 heavy (non-hydrogen) atoms. The molecule has 3 amide bonds. The van der Waals surface area contributed by atoms with Gasteiger partial charge in [0.05, 0.1) is 6.54 Å². The molecule has 2 unspecified atom stereocenters. The highest BCUT2D eigenvalue weighted by Gasteiger charge is 2.42. The molecule has 1 heterocycles. The molecule has 6 heteroatoms. The first-order valence-corrected chi connectivity index (χ1v) is 17.0. The standard InChI is InChI=1S/C43H34N2O4/c1-44(30-9-4-2-3-5-10-30)41(47)33-15-12-27-21-28-13-16-34-40-35(43(49)45(42(34)48)24-29-8-6-7-26-22-36(26)29)18-17-32(39(28)40)31-14-11-25(19-20-46)37(33)23-38(27)31/h2-4,6-18,20,26,36H,5,19,21-24H2,1H3. The molecule has 240 valence electrons. The van der Waals surface area contributed by atoms with Gasteiger partial charge in [-0.15, -0.1) is 0 Å². The monoisotopic (exact) mass is 642 g/mol. The van der Waals surface area contributed by atoms with E-state index < -0.39 is 0 Å². The molecule has 0 aromatic heterocycles. The molecule has 7 aliphatic rings. The van der Waals surface area contributed by atoms with E-state index >= 15 is 0 Å². The summed E-state index contributed by atoms with van der Waals surface area (Å²) in [6, 6.07) is 7.83. The van der Waals surface area contributed by atoms with Crippen LogP contribution in [-0.2, 0) is 16.0 Å². The lowest BCUT2D eigenvalue weighted by Gasteiger charge is -2.29. The van der Waals surface area contributed by atoms with E-state index in [-0.39, 0.29) is 24.1 Å². The molecule has 6 nitrogen and oxygen atoms in total. The predicted octanol–water partition coefficient (Wildman–Crippen LogP) is 7.45. The summed E-state index contributed by atoms with van der Waals surface area (Å²) in [5, 5.41) is 1.65. The fraction of sp³-hybridized carbons (Fsp3) is 0.209. The minimum Gasteiger partial charge on any atom is -0.312 e. The van der Waals surface area contributed by atoms with Crippen LogP contribution in [0.3, 0.4) is 0 Å². The van der Waals surface area contributed by atoms with Crippen LogP contribution in [0, 0.1) is 11.8 Å². The summed E-state index contributed by atoms with van der Waals surface area (Å²) in [4.78, 5) is 57.4. The molecule has 6 aliphatic carbocycles. The number of imide groups is 1. The summed E-state index contributed by atoms with van der Waals surface area (Å²) in [5.41, 5.74) is 10.5. The van der Waals surface area contributed by atoms with Crippen molar-refractivity contribution in [2.45, 2.75) is 32.1 Å². The third-order valence-corrected chi connectivity index (χ3v) is 11.1. The molecule has 1 aliphatic heterocycles. The van der Waals surface area contributed by atoms with Gasteiger partial charge in [0.2, 0.25) is 0 Å². The lowest BCUT2D eigenvalue weighted by molar-refractivity contribution is -0.123. The first-order valence-electron chi connectivity index (χ1n) is 17.0. The number of allylic oxidation sites excluding steroid dienone is 16. The Morgan fingerprint density at radius 3 is 2.55 bits per heavy atom. The molecule has 0 saturated heterocycles. The van der Waals surface area contributed by atoms with Gasteiger partial charge in [0.1, 0.15) is 6.29 Å². The van der Waals surface area contributed by atoms with Crippen LogP contribution < -0.4 is 0 Å². The zero-order chi connectivity index (χ0) is 33.4. The van der Waals surface area contributed by atoms with Gasteiger partial charge in [-0.25, -0.2) is 0 Å². The van der Waals surface area contributed by atoms with Gasteiger partial charge in [0, 0.05) is 41.3 Å². The molecule has 1 fully saturated rings. The molecule has 0 spiro atoms. The van der Waals surface area contributed by atoms with E-state index in [0.29, 0.717) is 47.9 Å². The molecular formula is C43H34N2O4. The van der Waals surface area contributed by atoms with E-state index in [1.54, 1.807) is 11.9 Å². The molecule has 0 N–H and O–H groups in total. The van der Waals surface area contributed by atoms with Gasteiger partial charge < -0.3 is 9.69 Å². The highest BCUT2D eigenvalue weighted by atomic mass is 16.2. The molecule has 9 rings (SSSR count). The SMILES string of the molecule is CN(C(=O)C1=C2CC3=C(C=C1)Cc1ccc4c5c(ccc(c15)C3=CC=C2CC=O)C(=O)N(CC1=CC=CC2CC12)C4=O)C1=CCC=CC=C1. The largest absolute Gasteiger partial charge is 0.312 e. The first kappa shape index (κ1) is 29.5. The van der Waals surface area contributed by atoms with Crippen molar-refractivity contribution in [2.24, 2.45) is 11.8 Å². The van der Waals surface area contributed by atoms with Gasteiger partial charge in [-0.05, 0) is 112 Å². The van der Waals surface area contributed by atoms with Crippen LogP contribution in [0.2, 0.25) is 0 Å². The Labute approximate surface area is 284 Å². The number of fused-ring (bicyclic) bond motifs is 3. The number of carbonyl (C=O) groups excluding carboxylic acids is 4. The van der Waals surface area contributed by atoms with Gasteiger partial charge in [0.15, 0.2) is 0 Å². The minimum atomic E-state index is -0.248. The van der Waals surface area contributed by atoms with Crippen molar-refractivity contribution < 1.29 is 19.2 Å². The third-order valence-electron chi connectivity index (χ3n) is 11.1. The van der Waals surface area contributed by atoms with Crippen molar-refractivity contribution in [1.82, 2.24) is 9.80 Å². The maximum atomic E-state index is 14.2. The summed E-state index contributed by atoms with van der Waals surface area (Å²) in [5.74, 6) is 0.338. The second-order valence-electron chi connectivity index (χ2n) is 13.8. The maximum absolute atomic E-state index is 14.2. The van der Waals surface area contributed by atoms with E-state index in [1.807, 2.05) is 78.9 Å². The third kappa shape index (κ3) is 4.61. The van der Waals surface area contributed by atoms with E-state index in [4.69, 9.17) is 0 Å². The van der Waals surface area contributed by atoms with Crippen LogP contribution in [-0.4, -0.2) is 47.4 Å². The lowest BCUT2D eigenvalue weighted by atomic mass is 9.85. The molecule has 2 aromatic carbocycles. The van der Waals surface area contributed by atoms with Crippen molar-refractivity contribution in [1.29, 1.82) is 0 Å². The molecule has 2 bridgehead atoms. The average Bonchev–Trinajstić information content (AvgIpc) is 3.97. The van der Waals surface area contributed by atoms with Gasteiger partial charge in [-0.3, -0.25) is 19.3 Å². The van der Waals surface area contributed by atoms with Crippen molar-refractivity contribution in [3.8, 4) is 0 Å². The molecule has 1 saturated carbocycles. The Morgan fingerprint density at radius 1 is 0.898 bits per heavy atom. The Hall–Kier alpha value is -5.62. The number of benzene rings is 2. The number of rotatable bonds is 6. The van der Waals surface area contributed by atoms with Gasteiger partial charge in [-0.1, -0.05) is 72.9 Å². The topological polar surface area (TPSA) is 74.8 Å². The number of likely N-dealkylation sites (N-methyl/N-ethyl adjacent to an activating group) is 1.